The van der Waals surface area contributed by atoms with Crippen molar-refractivity contribution in [1.29, 1.82) is 0 Å². The Balaban J connectivity index is 1.85. The van der Waals surface area contributed by atoms with Gasteiger partial charge < -0.3 is 14.5 Å². The fourth-order valence-electron chi connectivity index (χ4n) is 4.74. The van der Waals surface area contributed by atoms with Gasteiger partial charge in [0.2, 0.25) is 5.91 Å². The number of hydrogen-bond donors (Lipinski definition) is 0. The van der Waals surface area contributed by atoms with Crippen LogP contribution in [-0.4, -0.2) is 42.3 Å². The van der Waals surface area contributed by atoms with Gasteiger partial charge in [0.25, 0.3) is 5.91 Å². The molecule has 6 heteroatoms. The SMILES string of the molecule is CCCCN(C)C(=O)C1c2ccccc2C(=O)N(Cc2ccc(F)cc2)C1c1ccc(OC)cc1. The summed E-state index contributed by atoms with van der Waals surface area (Å²) in [4.78, 5) is 31.3. The molecule has 0 bridgehead atoms. The Morgan fingerprint density at radius 3 is 2.37 bits per heavy atom. The van der Waals surface area contributed by atoms with Crippen LogP contribution in [0.1, 0.15) is 58.8 Å². The van der Waals surface area contributed by atoms with Crippen molar-refractivity contribution in [3.63, 3.8) is 0 Å². The highest BCUT2D eigenvalue weighted by molar-refractivity contribution is 6.01. The number of carbonyl (C=O) groups excluding carboxylic acids is 2. The predicted octanol–water partition coefficient (Wildman–Crippen LogP) is 5.57. The zero-order valence-electron chi connectivity index (χ0n) is 20.4. The standard InChI is InChI=1S/C29H31FN2O3/c1-4-5-18-31(2)29(34)26-24-8-6-7-9-25(24)28(33)32(19-20-10-14-22(30)15-11-20)27(26)21-12-16-23(35-3)17-13-21/h6-17,26-27H,4-5,18-19H2,1-3H3. The van der Waals surface area contributed by atoms with Gasteiger partial charge in [-0.1, -0.05) is 55.8 Å². The number of methoxy groups -OCH3 is 1. The molecule has 35 heavy (non-hydrogen) atoms. The van der Waals surface area contributed by atoms with Gasteiger partial charge in [0.15, 0.2) is 0 Å². The Labute approximate surface area is 206 Å². The molecule has 1 heterocycles. The smallest absolute Gasteiger partial charge is 0.255 e. The van der Waals surface area contributed by atoms with E-state index in [-0.39, 0.29) is 24.2 Å². The Bertz CT molecular complexity index is 1180. The Morgan fingerprint density at radius 1 is 1.03 bits per heavy atom. The van der Waals surface area contributed by atoms with E-state index in [1.807, 2.05) is 49.5 Å². The van der Waals surface area contributed by atoms with Crippen LogP contribution in [0.15, 0.2) is 72.8 Å². The number of amides is 2. The van der Waals surface area contributed by atoms with E-state index >= 15 is 0 Å². The van der Waals surface area contributed by atoms with E-state index < -0.39 is 12.0 Å². The lowest BCUT2D eigenvalue weighted by atomic mass is 9.78. The molecule has 0 spiro atoms. The predicted molar refractivity (Wildman–Crippen MR) is 134 cm³/mol. The lowest BCUT2D eigenvalue weighted by Crippen LogP contribution is -2.47. The number of hydrogen-bond acceptors (Lipinski definition) is 3. The zero-order valence-corrected chi connectivity index (χ0v) is 20.4. The molecule has 2 amide bonds. The summed E-state index contributed by atoms with van der Waals surface area (Å²) in [6.45, 7) is 3.00. The van der Waals surface area contributed by atoms with Crippen LogP contribution in [-0.2, 0) is 11.3 Å². The summed E-state index contributed by atoms with van der Waals surface area (Å²) in [6, 6.07) is 20.5. The Kier molecular flexibility index (Phi) is 7.49. The van der Waals surface area contributed by atoms with Crippen molar-refractivity contribution in [2.24, 2.45) is 0 Å². The summed E-state index contributed by atoms with van der Waals surface area (Å²) in [5.74, 6) is -0.375. The summed E-state index contributed by atoms with van der Waals surface area (Å²) in [5.41, 5.74) is 2.91. The Morgan fingerprint density at radius 2 is 1.71 bits per heavy atom. The minimum Gasteiger partial charge on any atom is -0.497 e. The van der Waals surface area contributed by atoms with E-state index in [1.165, 1.54) is 12.1 Å². The lowest BCUT2D eigenvalue weighted by Gasteiger charge is -2.43. The van der Waals surface area contributed by atoms with Gasteiger partial charge in [0.05, 0.1) is 19.1 Å². The van der Waals surface area contributed by atoms with E-state index in [1.54, 1.807) is 35.1 Å². The van der Waals surface area contributed by atoms with E-state index in [0.29, 0.717) is 17.9 Å². The molecule has 0 saturated heterocycles. The summed E-state index contributed by atoms with van der Waals surface area (Å²) in [5, 5.41) is 0. The fourth-order valence-corrected chi connectivity index (χ4v) is 4.74. The summed E-state index contributed by atoms with van der Waals surface area (Å²) in [7, 11) is 3.43. The van der Waals surface area contributed by atoms with E-state index in [9.17, 15) is 14.0 Å². The second-order valence-corrected chi connectivity index (χ2v) is 8.96. The third-order valence-electron chi connectivity index (χ3n) is 6.65. The van der Waals surface area contributed by atoms with Crippen LogP contribution in [0.4, 0.5) is 4.39 Å². The molecule has 0 radical (unpaired) electrons. The van der Waals surface area contributed by atoms with Gasteiger partial charge in [-0.15, -0.1) is 0 Å². The third-order valence-corrected chi connectivity index (χ3v) is 6.65. The van der Waals surface area contributed by atoms with Crippen molar-refractivity contribution in [3.8, 4) is 5.75 Å². The maximum absolute atomic E-state index is 13.9. The molecular weight excluding hydrogens is 443 g/mol. The number of ether oxygens (including phenoxy) is 1. The number of unbranched alkanes of at least 4 members (excludes halogenated alkanes) is 1. The average Bonchev–Trinajstić information content (AvgIpc) is 2.89. The number of fused-ring (bicyclic) bond motifs is 1. The molecule has 2 atom stereocenters. The molecule has 182 valence electrons. The fraction of sp³-hybridized carbons (Fsp3) is 0.310. The van der Waals surface area contributed by atoms with Gasteiger partial charge in [0.1, 0.15) is 11.6 Å². The summed E-state index contributed by atoms with van der Waals surface area (Å²) < 4.78 is 18.9. The first-order chi connectivity index (χ1) is 16.9. The molecule has 0 aromatic heterocycles. The first-order valence-electron chi connectivity index (χ1n) is 12.0. The van der Waals surface area contributed by atoms with Crippen molar-refractivity contribution in [2.75, 3.05) is 20.7 Å². The first kappa shape index (κ1) is 24.5. The quantitative estimate of drug-likeness (QED) is 0.429. The minimum absolute atomic E-state index is 0.0247. The summed E-state index contributed by atoms with van der Waals surface area (Å²) in [6.07, 6.45) is 1.89. The van der Waals surface area contributed by atoms with E-state index in [4.69, 9.17) is 4.74 Å². The van der Waals surface area contributed by atoms with Gasteiger partial charge in [-0.3, -0.25) is 9.59 Å². The highest BCUT2D eigenvalue weighted by atomic mass is 19.1. The average molecular weight is 475 g/mol. The second-order valence-electron chi connectivity index (χ2n) is 8.96. The second kappa shape index (κ2) is 10.7. The highest BCUT2D eigenvalue weighted by Gasteiger charge is 2.44. The third kappa shape index (κ3) is 5.06. The molecule has 4 rings (SSSR count). The largest absolute Gasteiger partial charge is 0.497 e. The molecule has 3 aromatic rings. The lowest BCUT2D eigenvalue weighted by molar-refractivity contribution is -0.133. The van der Waals surface area contributed by atoms with Gasteiger partial charge in [-0.05, 0) is 53.4 Å². The van der Waals surface area contributed by atoms with Gasteiger partial charge in [-0.25, -0.2) is 4.39 Å². The van der Waals surface area contributed by atoms with Crippen molar-refractivity contribution in [3.05, 3.63) is 101 Å². The topological polar surface area (TPSA) is 49.9 Å². The maximum Gasteiger partial charge on any atom is 0.255 e. The molecule has 1 aliphatic rings. The van der Waals surface area contributed by atoms with Crippen LogP contribution >= 0.6 is 0 Å². The number of likely N-dealkylation sites (N-methyl/N-ethyl adjacent to an activating group) is 1. The van der Waals surface area contributed by atoms with Gasteiger partial charge >= 0.3 is 0 Å². The van der Waals surface area contributed by atoms with Crippen LogP contribution in [0.25, 0.3) is 0 Å². The van der Waals surface area contributed by atoms with Crippen LogP contribution < -0.4 is 4.74 Å². The number of nitrogens with zero attached hydrogens (tertiary/aromatic N) is 2. The normalized spacial score (nSPS) is 17.1. The van der Waals surface area contributed by atoms with E-state index in [0.717, 1.165) is 29.5 Å². The number of halogens is 1. The van der Waals surface area contributed by atoms with Crippen LogP contribution in [0.3, 0.4) is 0 Å². The number of carbonyl (C=O) groups is 2. The van der Waals surface area contributed by atoms with Crippen molar-refractivity contribution in [1.82, 2.24) is 9.80 Å². The Hall–Kier alpha value is -3.67. The molecule has 2 unspecified atom stereocenters. The molecule has 0 saturated carbocycles. The molecule has 3 aromatic carbocycles. The van der Waals surface area contributed by atoms with Crippen molar-refractivity contribution < 1.29 is 18.7 Å². The molecule has 0 aliphatic carbocycles. The van der Waals surface area contributed by atoms with Crippen LogP contribution in [0.5, 0.6) is 5.75 Å². The number of benzene rings is 3. The van der Waals surface area contributed by atoms with Crippen LogP contribution in [0.2, 0.25) is 0 Å². The van der Waals surface area contributed by atoms with Crippen molar-refractivity contribution in [2.45, 2.75) is 38.3 Å². The maximum atomic E-state index is 13.9. The zero-order chi connectivity index (χ0) is 24.9. The van der Waals surface area contributed by atoms with E-state index in [2.05, 4.69) is 6.92 Å². The molecule has 0 fully saturated rings. The van der Waals surface area contributed by atoms with Crippen molar-refractivity contribution >= 4 is 11.8 Å². The molecule has 1 aliphatic heterocycles. The molecule has 0 N–H and O–H groups in total. The molecular formula is C29H31FN2O3. The van der Waals surface area contributed by atoms with Crippen LogP contribution in [0, 0.1) is 5.82 Å². The molecule has 5 nitrogen and oxygen atoms in total. The monoisotopic (exact) mass is 474 g/mol. The number of rotatable bonds is 8. The summed E-state index contributed by atoms with van der Waals surface area (Å²) >= 11 is 0. The van der Waals surface area contributed by atoms with Gasteiger partial charge in [0, 0.05) is 25.7 Å². The highest BCUT2D eigenvalue weighted by Crippen LogP contribution is 2.44. The minimum atomic E-state index is -0.570. The van der Waals surface area contributed by atoms with Gasteiger partial charge in [-0.2, -0.15) is 0 Å². The first-order valence-corrected chi connectivity index (χ1v) is 12.0.